The summed E-state index contributed by atoms with van der Waals surface area (Å²) in [5.74, 6) is -10.1. The molecule has 1 atom stereocenters. The number of aliphatic carboxylic acids is 1. The number of nitrogens with two attached hydrogens (primary N) is 1. The molecule has 0 radical (unpaired) electrons. The molecule has 0 rings (SSSR count). The summed E-state index contributed by atoms with van der Waals surface area (Å²) in [4.78, 5) is 31.7. The molecule has 0 aromatic rings. The number of amides is 2. The third-order valence-electron chi connectivity index (χ3n) is 1.86. The second-order valence-corrected chi connectivity index (χ2v) is 3.29. The van der Waals surface area contributed by atoms with Gasteiger partial charge in [0.05, 0.1) is 0 Å². The van der Waals surface area contributed by atoms with E-state index in [2.05, 4.69) is 0 Å². The molecule has 0 fully saturated rings. The van der Waals surface area contributed by atoms with E-state index in [1.807, 2.05) is 0 Å². The zero-order valence-electron chi connectivity index (χ0n) is 8.83. The minimum atomic E-state index is -5.00. The van der Waals surface area contributed by atoms with E-state index in [4.69, 9.17) is 10.8 Å². The van der Waals surface area contributed by atoms with E-state index in [-0.39, 0.29) is 0 Å². The molecule has 10 heteroatoms. The van der Waals surface area contributed by atoms with Gasteiger partial charge < -0.3 is 16.2 Å². The maximum atomic E-state index is 12.5. The Hall–Kier alpha value is -1.87. The summed E-state index contributed by atoms with van der Waals surface area (Å²) in [6.07, 6.45) is -5.34. The number of carbonyl (C=O) groups is 3. The standard InChI is InChI=1S/C8H10F4N2O4/c9-6(10)8(11,12)7(18)14-3(5(16)17)1-2-4(13)15/h3,6H,1-2H2,(H2,13,15)(H,14,18)(H,16,17)/t3-/m1/s1. The van der Waals surface area contributed by atoms with Gasteiger partial charge in [0.15, 0.2) is 0 Å². The van der Waals surface area contributed by atoms with Crippen molar-refractivity contribution >= 4 is 17.8 Å². The lowest BCUT2D eigenvalue weighted by Gasteiger charge is -2.18. The van der Waals surface area contributed by atoms with Crippen LogP contribution in [0.2, 0.25) is 0 Å². The van der Waals surface area contributed by atoms with Gasteiger partial charge >= 0.3 is 18.3 Å². The molecule has 0 aromatic carbocycles. The molecule has 6 nitrogen and oxygen atoms in total. The smallest absolute Gasteiger partial charge is 0.383 e. The number of carboxylic acid groups (broad SMARTS) is 1. The maximum absolute atomic E-state index is 12.5. The molecule has 0 bridgehead atoms. The number of nitrogens with one attached hydrogen (secondary N) is 1. The van der Waals surface area contributed by atoms with Crippen LogP contribution in [-0.2, 0) is 14.4 Å². The van der Waals surface area contributed by atoms with E-state index in [0.717, 1.165) is 0 Å². The van der Waals surface area contributed by atoms with Gasteiger partial charge in [-0.1, -0.05) is 0 Å². The zero-order chi connectivity index (χ0) is 14.5. The van der Waals surface area contributed by atoms with Gasteiger partial charge in [-0.05, 0) is 6.42 Å². The number of carbonyl (C=O) groups excluding carboxylic acids is 2. The van der Waals surface area contributed by atoms with E-state index < -0.39 is 49.0 Å². The van der Waals surface area contributed by atoms with E-state index in [1.165, 1.54) is 5.32 Å². The molecule has 0 aliphatic rings. The molecule has 0 spiro atoms. The summed E-state index contributed by atoms with van der Waals surface area (Å²) in [5.41, 5.74) is 4.69. The monoisotopic (exact) mass is 274 g/mol. The average molecular weight is 274 g/mol. The lowest BCUT2D eigenvalue weighted by molar-refractivity contribution is -0.171. The van der Waals surface area contributed by atoms with Gasteiger partial charge in [-0.3, -0.25) is 9.59 Å². The number of carboxylic acids is 1. The van der Waals surface area contributed by atoms with Crippen LogP contribution >= 0.6 is 0 Å². The van der Waals surface area contributed by atoms with Crippen molar-refractivity contribution in [3.05, 3.63) is 0 Å². The highest BCUT2D eigenvalue weighted by molar-refractivity contribution is 5.88. The third kappa shape index (κ3) is 4.55. The van der Waals surface area contributed by atoms with Crippen LogP contribution in [0.15, 0.2) is 0 Å². The van der Waals surface area contributed by atoms with E-state index >= 15 is 0 Å². The molecule has 4 N–H and O–H groups in total. The van der Waals surface area contributed by atoms with Crippen molar-refractivity contribution in [2.75, 3.05) is 0 Å². The Balaban J connectivity index is 4.65. The van der Waals surface area contributed by atoms with Crippen LogP contribution in [0.1, 0.15) is 12.8 Å². The molecule has 0 aliphatic heterocycles. The predicted octanol–water partition coefficient (Wildman–Crippen LogP) is -0.278. The highest BCUT2D eigenvalue weighted by atomic mass is 19.3. The van der Waals surface area contributed by atoms with Crippen molar-refractivity contribution in [3.8, 4) is 0 Å². The Labute approximate surface area is 98.1 Å². The molecule has 0 saturated carbocycles. The minimum absolute atomic E-state index is 0.502. The van der Waals surface area contributed by atoms with Gasteiger partial charge in [-0.2, -0.15) is 8.78 Å². The Kier molecular flexibility index (Phi) is 5.53. The van der Waals surface area contributed by atoms with Crippen molar-refractivity contribution in [1.29, 1.82) is 0 Å². The SMILES string of the molecule is NC(=O)CC[C@@H](NC(=O)C(F)(F)C(F)F)C(=O)O. The number of primary amides is 1. The van der Waals surface area contributed by atoms with Crippen LogP contribution in [0.4, 0.5) is 17.6 Å². The second kappa shape index (κ2) is 6.17. The van der Waals surface area contributed by atoms with Crippen LogP contribution in [0.25, 0.3) is 0 Å². The molecule has 104 valence electrons. The number of alkyl halides is 4. The molecular weight excluding hydrogens is 264 g/mol. The van der Waals surface area contributed by atoms with E-state index in [1.54, 1.807) is 0 Å². The fourth-order valence-electron chi connectivity index (χ4n) is 0.898. The quantitative estimate of drug-likeness (QED) is 0.555. The van der Waals surface area contributed by atoms with Crippen LogP contribution < -0.4 is 11.1 Å². The van der Waals surface area contributed by atoms with Crippen molar-refractivity contribution in [3.63, 3.8) is 0 Å². The van der Waals surface area contributed by atoms with Gasteiger partial charge in [0, 0.05) is 6.42 Å². The summed E-state index contributed by atoms with van der Waals surface area (Å²) < 4.78 is 48.6. The van der Waals surface area contributed by atoms with Gasteiger partial charge in [0.1, 0.15) is 6.04 Å². The van der Waals surface area contributed by atoms with Crippen molar-refractivity contribution < 1.29 is 37.1 Å². The molecule has 0 aromatic heterocycles. The molecule has 0 aliphatic carbocycles. The zero-order valence-corrected chi connectivity index (χ0v) is 8.83. The van der Waals surface area contributed by atoms with Crippen LogP contribution in [0, 0.1) is 0 Å². The van der Waals surface area contributed by atoms with Crippen molar-refractivity contribution in [2.45, 2.75) is 31.2 Å². The van der Waals surface area contributed by atoms with Crippen LogP contribution in [0.5, 0.6) is 0 Å². The Bertz CT molecular complexity index is 348. The number of hydrogen-bond donors (Lipinski definition) is 3. The highest BCUT2D eigenvalue weighted by Gasteiger charge is 2.49. The first kappa shape index (κ1) is 16.1. The van der Waals surface area contributed by atoms with Crippen molar-refractivity contribution in [1.82, 2.24) is 5.32 Å². The van der Waals surface area contributed by atoms with E-state index in [9.17, 15) is 31.9 Å². The molecule has 0 unspecified atom stereocenters. The normalized spacial score (nSPS) is 13.2. The largest absolute Gasteiger partial charge is 0.480 e. The topological polar surface area (TPSA) is 109 Å². The van der Waals surface area contributed by atoms with Gasteiger partial charge in [-0.25, -0.2) is 13.6 Å². The lowest BCUT2D eigenvalue weighted by Crippen LogP contribution is -2.51. The number of rotatable bonds is 7. The molecule has 0 saturated heterocycles. The first-order chi connectivity index (χ1) is 8.09. The minimum Gasteiger partial charge on any atom is -0.480 e. The van der Waals surface area contributed by atoms with Gasteiger partial charge in [-0.15, -0.1) is 0 Å². The summed E-state index contributed by atoms with van der Waals surface area (Å²) >= 11 is 0. The number of hydrogen-bond acceptors (Lipinski definition) is 3. The average Bonchev–Trinajstić information content (AvgIpc) is 2.22. The van der Waals surface area contributed by atoms with E-state index in [0.29, 0.717) is 0 Å². The fraction of sp³-hybridized carbons (Fsp3) is 0.625. The number of halogens is 4. The first-order valence-electron chi connectivity index (χ1n) is 4.57. The fourth-order valence-corrected chi connectivity index (χ4v) is 0.898. The Morgan fingerprint density at radius 2 is 1.78 bits per heavy atom. The molecule has 18 heavy (non-hydrogen) atoms. The first-order valence-corrected chi connectivity index (χ1v) is 4.57. The lowest BCUT2D eigenvalue weighted by atomic mass is 10.1. The second-order valence-electron chi connectivity index (χ2n) is 3.29. The van der Waals surface area contributed by atoms with Gasteiger partial charge in [0.2, 0.25) is 5.91 Å². The molecule has 0 heterocycles. The maximum Gasteiger partial charge on any atom is 0.383 e. The summed E-state index contributed by atoms with van der Waals surface area (Å²) in [5, 5.41) is 9.76. The Morgan fingerprint density at radius 1 is 1.28 bits per heavy atom. The third-order valence-corrected chi connectivity index (χ3v) is 1.86. The predicted molar refractivity (Wildman–Crippen MR) is 48.9 cm³/mol. The van der Waals surface area contributed by atoms with Crippen LogP contribution in [0.3, 0.4) is 0 Å². The van der Waals surface area contributed by atoms with Gasteiger partial charge in [0.25, 0.3) is 5.91 Å². The summed E-state index contributed by atoms with van der Waals surface area (Å²) in [6, 6.07) is -1.89. The van der Waals surface area contributed by atoms with Crippen LogP contribution in [-0.4, -0.2) is 41.3 Å². The molecular formula is C8H10F4N2O4. The summed E-state index contributed by atoms with van der Waals surface area (Å²) in [6.45, 7) is 0. The molecule has 2 amide bonds. The van der Waals surface area contributed by atoms with Crippen molar-refractivity contribution in [2.24, 2.45) is 5.73 Å². The summed E-state index contributed by atoms with van der Waals surface area (Å²) in [7, 11) is 0. The highest BCUT2D eigenvalue weighted by Crippen LogP contribution is 2.23. The Morgan fingerprint density at radius 3 is 2.11 bits per heavy atom.